The Balaban J connectivity index is 1.57. The zero-order valence-corrected chi connectivity index (χ0v) is 14.6. The Labute approximate surface area is 146 Å². The van der Waals surface area contributed by atoms with Crippen LogP contribution in [0.2, 0.25) is 0 Å². The molecule has 1 aliphatic carbocycles. The number of benzene rings is 1. The van der Waals surface area contributed by atoms with Gasteiger partial charge in [0.15, 0.2) is 0 Å². The lowest BCUT2D eigenvalue weighted by Gasteiger charge is -2.09. The topological polar surface area (TPSA) is 106 Å². The van der Waals surface area contributed by atoms with E-state index in [1.165, 1.54) is 6.20 Å². The van der Waals surface area contributed by atoms with Crippen LogP contribution in [0, 0.1) is 18.8 Å². The Morgan fingerprint density at radius 3 is 2.64 bits per heavy atom. The summed E-state index contributed by atoms with van der Waals surface area (Å²) in [5.41, 5.74) is 2.60. The first-order chi connectivity index (χ1) is 11.9. The van der Waals surface area contributed by atoms with Gasteiger partial charge < -0.3 is 10.6 Å². The summed E-state index contributed by atoms with van der Waals surface area (Å²) < 4.78 is 24.2. The fourth-order valence-electron chi connectivity index (χ4n) is 3.77. The molecule has 2 heterocycles. The summed E-state index contributed by atoms with van der Waals surface area (Å²) in [6.45, 7) is 3.62. The first-order valence-electron chi connectivity index (χ1n) is 8.19. The minimum atomic E-state index is -3.83. The number of aromatic nitrogens is 1. The van der Waals surface area contributed by atoms with E-state index in [2.05, 4.69) is 10.6 Å². The number of amides is 1. The van der Waals surface area contributed by atoms with Crippen molar-refractivity contribution in [1.82, 2.24) is 14.6 Å². The predicted octanol–water partition coefficient (Wildman–Crippen LogP) is 0.463. The predicted molar refractivity (Wildman–Crippen MR) is 94.2 cm³/mol. The van der Waals surface area contributed by atoms with Crippen molar-refractivity contribution in [3.8, 4) is 11.1 Å². The minimum absolute atomic E-state index is 0.0928. The van der Waals surface area contributed by atoms with E-state index in [1.807, 2.05) is 6.07 Å². The number of rotatable bonds is 4. The summed E-state index contributed by atoms with van der Waals surface area (Å²) in [6.07, 6.45) is 1.42. The summed E-state index contributed by atoms with van der Waals surface area (Å²) >= 11 is 0. The van der Waals surface area contributed by atoms with Crippen LogP contribution in [0.5, 0.6) is 0 Å². The molecule has 2 aromatic rings. The van der Waals surface area contributed by atoms with Crippen LogP contribution in [0.1, 0.15) is 16.1 Å². The average Bonchev–Trinajstić information content (AvgIpc) is 2.95. The molecule has 1 aliphatic heterocycles. The maximum absolute atomic E-state index is 12.5. The summed E-state index contributed by atoms with van der Waals surface area (Å²) in [7, 11) is -3.83. The highest BCUT2D eigenvalue weighted by atomic mass is 32.2. The third-order valence-corrected chi connectivity index (χ3v) is 6.14. The lowest BCUT2D eigenvalue weighted by Crippen LogP contribution is -2.32. The second kappa shape index (κ2) is 5.69. The van der Waals surface area contributed by atoms with Crippen LogP contribution >= 0.6 is 0 Å². The van der Waals surface area contributed by atoms with E-state index in [1.54, 1.807) is 31.2 Å². The van der Waals surface area contributed by atoms with Gasteiger partial charge in [0.2, 0.25) is 0 Å². The number of nitrogens with zero attached hydrogens (tertiary/aromatic N) is 1. The summed E-state index contributed by atoms with van der Waals surface area (Å²) in [5.74, 6) is 1.01. The molecule has 1 aromatic carbocycles. The summed E-state index contributed by atoms with van der Waals surface area (Å²) in [4.78, 5) is 12.5. The molecule has 0 radical (unpaired) electrons. The number of carbonyl (C=O) groups excluding carboxylic acids is 1. The van der Waals surface area contributed by atoms with Crippen LogP contribution in [0.15, 0.2) is 36.5 Å². The molecule has 7 nitrogen and oxygen atoms in total. The van der Waals surface area contributed by atoms with Gasteiger partial charge in [0.05, 0.1) is 0 Å². The molecule has 0 spiro atoms. The molecule has 0 bridgehead atoms. The molecule has 1 saturated heterocycles. The molecule has 1 amide bonds. The summed E-state index contributed by atoms with van der Waals surface area (Å²) in [5, 5.41) is 11.6. The number of fused-ring (bicyclic) bond motifs is 1. The van der Waals surface area contributed by atoms with Crippen molar-refractivity contribution in [1.29, 1.82) is 0 Å². The zero-order chi connectivity index (χ0) is 17.8. The molecule has 2 aliphatic rings. The van der Waals surface area contributed by atoms with Crippen molar-refractivity contribution >= 4 is 16.1 Å². The van der Waals surface area contributed by atoms with Crippen molar-refractivity contribution < 1.29 is 13.2 Å². The van der Waals surface area contributed by atoms with E-state index in [-0.39, 0.29) is 11.9 Å². The van der Waals surface area contributed by atoms with Crippen molar-refractivity contribution in [2.45, 2.75) is 13.0 Å². The third-order valence-electron chi connectivity index (χ3n) is 5.20. The van der Waals surface area contributed by atoms with Crippen LogP contribution < -0.4 is 15.8 Å². The molecule has 1 saturated carbocycles. The monoisotopic (exact) mass is 360 g/mol. The van der Waals surface area contributed by atoms with Gasteiger partial charge >= 0.3 is 10.2 Å². The number of nitrogens with two attached hydrogens (primary N) is 1. The normalized spacial score (nSPS) is 24.8. The minimum Gasteiger partial charge on any atom is -0.349 e. The Bertz CT molecular complexity index is 941. The second-order valence-electron chi connectivity index (χ2n) is 6.72. The molecule has 1 aromatic heterocycles. The lowest BCUT2D eigenvalue weighted by molar-refractivity contribution is 0.0946. The van der Waals surface area contributed by atoms with Crippen LogP contribution in [0.25, 0.3) is 11.1 Å². The van der Waals surface area contributed by atoms with Crippen molar-refractivity contribution in [3.63, 3.8) is 0 Å². The Kier molecular flexibility index (Phi) is 3.71. The number of hydrogen-bond acceptors (Lipinski definition) is 4. The fourth-order valence-corrected chi connectivity index (χ4v) is 4.48. The van der Waals surface area contributed by atoms with E-state index in [0.717, 1.165) is 28.2 Å². The van der Waals surface area contributed by atoms with Gasteiger partial charge in [-0.15, -0.1) is 0 Å². The number of carbonyl (C=O) groups is 1. The van der Waals surface area contributed by atoms with E-state index in [0.29, 0.717) is 23.1 Å². The van der Waals surface area contributed by atoms with E-state index in [4.69, 9.17) is 5.14 Å². The number of piperidine rings is 1. The lowest BCUT2D eigenvalue weighted by atomic mass is 10.0. The first kappa shape index (κ1) is 16.3. The molecule has 2 unspecified atom stereocenters. The van der Waals surface area contributed by atoms with E-state index >= 15 is 0 Å². The molecule has 25 heavy (non-hydrogen) atoms. The third kappa shape index (κ3) is 2.86. The molecule has 2 atom stereocenters. The van der Waals surface area contributed by atoms with Gasteiger partial charge in [-0.2, -0.15) is 8.42 Å². The van der Waals surface area contributed by atoms with Gasteiger partial charge in [0.25, 0.3) is 5.91 Å². The first-order valence-corrected chi connectivity index (χ1v) is 9.70. The quantitative estimate of drug-likeness (QED) is 0.736. The SMILES string of the molecule is Cc1c(-c2cccc(C(=O)NC3C4CNCC43)c2)ccn1S(N)(=O)=O. The van der Waals surface area contributed by atoms with Crippen LogP contribution in [-0.4, -0.2) is 37.4 Å². The van der Waals surface area contributed by atoms with Gasteiger partial charge in [-0.3, -0.25) is 4.79 Å². The fraction of sp³-hybridized carbons (Fsp3) is 0.353. The van der Waals surface area contributed by atoms with Crippen molar-refractivity contribution in [2.24, 2.45) is 17.0 Å². The van der Waals surface area contributed by atoms with Gasteiger partial charge in [-0.05, 0) is 42.5 Å². The maximum atomic E-state index is 12.5. The van der Waals surface area contributed by atoms with Crippen molar-refractivity contribution in [3.05, 3.63) is 47.8 Å². The number of nitrogens with one attached hydrogen (secondary N) is 2. The molecule has 2 fully saturated rings. The second-order valence-corrected chi connectivity index (χ2v) is 8.14. The van der Waals surface area contributed by atoms with Crippen LogP contribution in [0.3, 0.4) is 0 Å². The molecule has 8 heteroatoms. The number of hydrogen-bond donors (Lipinski definition) is 3. The highest BCUT2D eigenvalue weighted by Gasteiger charge is 2.53. The van der Waals surface area contributed by atoms with Crippen molar-refractivity contribution in [2.75, 3.05) is 13.1 Å². The molecule has 4 N–H and O–H groups in total. The largest absolute Gasteiger partial charge is 0.349 e. The van der Waals surface area contributed by atoms with E-state index in [9.17, 15) is 13.2 Å². The molecule has 132 valence electrons. The smallest absolute Gasteiger partial charge is 0.302 e. The highest BCUT2D eigenvalue weighted by Crippen LogP contribution is 2.41. The average molecular weight is 360 g/mol. The molecular weight excluding hydrogens is 340 g/mol. The van der Waals surface area contributed by atoms with Gasteiger partial charge in [-0.1, -0.05) is 12.1 Å². The standard InChI is InChI=1S/C17H20N4O3S/c1-10-13(5-6-21(10)25(18,23)24)11-3-2-4-12(7-11)17(22)20-16-14-8-19-9-15(14)16/h2-7,14-16,19H,8-9H2,1H3,(H,20,22)(H2,18,23,24). The Morgan fingerprint density at radius 1 is 1.28 bits per heavy atom. The maximum Gasteiger partial charge on any atom is 0.302 e. The van der Waals surface area contributed by atoms with Gasteiger partial charge in [-0.25, -0.2) is 9.11 Å². The molecule has 4 rings (SSSR count). The van der Waals surface area contributed by atoms with E-state index < -0.39 is 10.2 Å². The van der Waals surface area contributed by atoms with Gasteiger partial charge in [0.1, 0.15) is 0 Å². The Morgan fingerprint density at radius 2 is 2.00 bits per heavy atom. The Hall–Kier alpha value is -2.16. The highest BCUT2D eigenvalue weighted by molar-refractivity contribution is 7.87. The van der Waals surface area contributed by atoms with Crippen LogP contribution in [0.4, 0.5) is 0 Å². The summed E-state index contributed by atoms with van der Waals surface area (Å²) in [6, 6.07) is 9.15. The van der Waals surface area contributed by atoms with Crippen LogP contribution in [-0.2, 0) is 10.2 Å². The zero-order valence-electron chi connectivity index (χ0n) is 13.8. The van der Waals surface area contributed by atoms with Gasteiger partial charge in [0, 0.05) is 42.1 Å². The molecular formula is C17H20N4O3S.